The first kappa shape index (κ1) is 17.3. The summed E-state index contributed by atoms with van der Waals surface area (Å²) in [4.78, 5) is 11.0. The Labute approximate surface area is 144 Å². The second-order valence-electron chi connectivity index (χ2n) is 5.42. The van der Waals surface area contributed by atoms with E-state index >= 15 is 0 Å². The third kappa shape index (κ3) is 3.19. The number of fused-ring (bicyclic) bond motifs is 1. The number of alkyl halides is 3. The van der Waals surface area contributed by atoms with Crippen molar-refractivity contribution in [1.29, 1.82) is 0 Å². The van der Waals surface area contributed by atoms with Crippen LogP contribution in [0.25, 0.3) is 10.9 Å². The number of hydrogen-bond acceptors (Lipinski definition) is 1. The highest BCUT2D eigenvalue weighted by molar-refractivity contribution is 6.35. The second kappa shape index (κ2) is 6.07. The third-order valence-electron chi connectivity index (χ3n) is 3.79. The molecule has 0 spiro atoms. The molecule has 130 valence electrons. The third-order valence-corrected chi connectivity index (χ3v) is 4.08. The lowest BCUT2D eigenvalue weighted by molar-refractivity contribution is -0.137. The number of benzene rings is 2. The van der Waals surface area contributed by atoms with Crippen LogP contribution in [-0.4, -0.2) is 15.6 Å². The van der Waals surface area contributed by atoms with Crippen molar-refractivity contribution in [2.45, 2.75) is 12.7 Å². The zero-order valence-electron chi connectivity index (χ0n) is 12.4. The van der Waals surface area contributed by atoms with E-state index in [1.807, 2.05) is 0 Å². The predicted octanol–water partition coefficient (Wildman–Crippen LogP) is 5.20. The zero-order valence-corrected chi connectivity index (χ0v) is 13.2. The second-order valence-corrected chi connectivity index (χ2v) is 5.83. The van der Waals surface area contributed by atoms with Crippen LogP contribution in [0.1, 0.15) is 21.5 Å². The minimum absolute atomic E-state index is 0.0679. The molecule has 1 N–H and O–H groups in total. The number of aromatic carboxylic acids is 1. The summed E-state index contributed by atoms with van der Waals surface area (Å²) >= 11 is 5.99. The normalized spacial score (nSPS) is 11.9. The van der Waals surface area contributed by atoms with E-state index in [-0.39, 0.29) is 22.5 Å². The Morgan fingerprint density at radius 3 is 2.56 bits per heavy atom. The molecule has 0 aliphatic carbocycles. The van der Waals surface area contributed by atoms with Crippen molar-refractivity contribution in [2.75, 3.05) is 0 Å². The van der Waals surface area contributed by atoms with Crippen LogP contribution in [0.5, 0.6) is 0 Å². The molecule has 1 aromatic heterocycles. The molecule has 3 rings (SSSR count). The number of nitrogens with zero attached hydrogens (tertiary/aromatic N) is 1. The van der Waals surface area contributed by atoms with E-state index in [1.165, 1.54) is 29.0 Å². The van der Waals surface area contributed by atoms with Gasteiger partial charge in [-0.3, -0.25) is 0 Å². The number of halogens is 5. The highest BCUT2D eigenvalue weighted by Crippen LogP contribution is 2.35. The number of rotatable bonds is 3. The van der Waals surface area contributed by atoms with Gasteiger partial charge in [0.1, 0.15) is 5.82 Å². The summed E-state index contributed by atoms with van der Waals surface area (Å²) in [5, 5.41) is 9.10. The van der Waals surface area contributed by atoms with Crippen molar-refractivity contribution < 1.29 is 27.5 Å². The number of carboxylic acid groups (broad SMARTS) is 1. The fourth-order valence-corrected chi connectivity index (χ4v) is 2.98. The van der Waals surface area contributed by atoms with Crippen LogP contribution in [0.15, 0.2) is 42.6 Å². The number of carboxylic acids is 1. The molecule has 0 aliphatic heterocycles. The topological polar surface area (TPSA) is 42.2 Å². The van der Waals surface area contributed by atoms with Crippen molar-refractivity contribution in [1.82, 2.24) is 4.57 Å². The largest absolute Gasteiger partial charge is 0.478 e. The average molecular weight is 372 g/mol. The first-order valence-corrected chi connectivity index (χ1v) is 7.42. The standard InChI is InChI=1S/C17H10ClF4NO2/c18-13-7-11(17(20,21)22)6-9-4-5-23(15(9)13)8-10-2-1-3-12(14(10)19)16(24)25/h1-7H,8H2,(H,24,25). The summed E-state index contributed by atoms with van der Waals surface area (Å²) in [6.07, 6.45) is -3.05. The molecule has 8 heteroatoms. The Morgan fingerprint density at radius 2 is 1.92 bits per heavy atom. The zero-order chi connectivity index (χ0) is 18.4. The van der Waals surface area contributed by atoms with Crippen molar-refractivity contribution >= 4 is 28.5 Å². The van der Waals surface area contributed by atoms with Crippen LogP contribution in [0.2, 0.25) is 5.02 Å². The Kier molecular flexibility index (Phi) is 4.20. The van der Waals surface area contributed by atoms with Crippen LogP contribution in [0, 0.1) is 5.82 Å². The van der Waals surface area contributed by atoms with E-state index in [4.69, 9.17) is 16.7 Å². The lowest BCUT2D eigenvalue weighted by Gasteiger charge is -2.11. The first-order chi connectivity index (χ1) is 11.7. The van der Waals surface area contributed by atoms with E-state index in [2.05, 4.69) is 0 Å². The van der Waals surface area contributed by atoms with E-state index in [0.29, 0.717) is 5.52 Å². The van der Waals surface area contributed by atoms with Gasteiger partial charge in [0.05, 0.1) is 28.2 Å². The van der Waals surface area contributed by atoms with Crippen molar-refractivity contribution in [3.8, 4) is 0 Å². The molecule has 3 nitrogen and oxygen atoms in total. The summed E-state index contributed by atoms with van der Waals surface area (Å²) in [6.45, 7) is -0.0679. The van der Waals surface area contributed by atoms with Gasteiger partial charge in [-0.25, -0.2) is 9.18 Å². The molecule has 0 saturated carbocycles. The van der Waals surface area contributed by atoms with Crippen LogP contribution >= 0.6 is 11.6 Å². The average Bonchev–Trinajstić information content (AvgIpc) is 2.92. The summed E-state index contributed by atoms with van der Waals surface area (Å²) in [5.74, 6) is -2.29. The van der Waals surface area contributed by atoms with Gasteiger partial charge in [0.2, 0.25) is 0 Å². The molecule has 0 aliphatic rings. The van der Waals surface area contributed by atoms with Gasteiger partial charge in [0.25, 0.3) is 0 Å². The summed E-state index contributed by atoms with van der Waals surface area (Å²) in [7, 11) is 0. The van der Waals surface area contributed by atoms with Gasteiger partial charge >= 0.3 is 12.1 Å². The predicted molar refractivity (Wildman–Crippen MR) is 84.4 cm³/mol. The van der Waals surface area contributed by atoms with Gasteiger partial charge in [-0.05, 0) is 24.3 Å². The first-order valence-electron chi connectivity index (χ1n) is 7.04. The lowest BCUT2D eigenvalue weighted by atomic mass is 10.1. The molecule has 3 aromatic rings. The van der Waals surface area contributed by atoms with Gasteiger partial charge in [-0.1, -0.05) is 23.7 Å². The van der Waals surface area contributed by atoms with E-state index in [0.717, 1.165) is 18.2 Å². The molecule has 1 heterocycles. The van der Waals surface area contributed by atoms with Crippen LogP contribution < -0.4 is 0 Å². The fraction of sp³-hybridized carbons (Fsp3) is 0.118. The Bertz CT molecular complexity index is 979. The van der Waals surface area contributed by atoms with Gasteiger partial charge in [0.15, 0.2) is 0 Å². The summed E-state index contributed by atoms with van der Waals surface area (Å²) in [6, 6.07) is 7.15. The number of hydrogen-bond donors (Lipinski definition) is 1. The molecule has 0 amide bonds. The molecular weight excluding hydrogens is 362 g/mol. The quantitative estimate of drug-likeness (QED) is 0.643. The van der Waals surface area contributed by atoms with Crippen LogP contribution in [0.3, 0.4) is 0 Å². The minimum Gasteiger partial charge on any atom is -0.478 e. The van der Waals surface area contributed by atoms with Crippen molar-refractivity contribution in [3.63, 3.8) is 0 Å². The van der Waals surface area contributed by atoms with E-state index in [9.17, 15) is 22.4 Å². The maximum absolute atomic E-state index is 14.3. The smallest absolute Gasteiger partial charge is 0.416 e. The fourth-order valence-electron chi connectivity index (χ4n) is 2.64. The Hall–Kier alpha value is -2.54. The van der Waals surface area contributed by atoms with Gasteiger partial charge in [0, 0.05) is 17.1 Å². The number of carbonyl (C=O) groups is 1. The summed E-state index contributed by atoms with van der Waals surface area (Å²) in [5.41, 5.74) is -0.940. The molecule has 0 radical (unpaired) electrons. The maximum atomic E-state index is 14.3. The molecule has 0 unspecified atom stereocenters. The molecule has 0 atom stereocenters. The molecule has 25 heavy (non-hydrogen) atoms. The molecule has 2 aromatic carbocycles. The minimum atomic E-state index is -4.53. The molecular formula is C17H10ClF4NO2. The van der Waals surface area contributed by atoms with Crippen LogP contribution in [0.4, 0.5) is 17.6 Å². The Morgan fingerprint density at radius 1 is 1.20 bits per heavy atom. The highest BCUT2D eigenvalue weighted by atomic mass is 35.5. The molecule has 0 bridgehead atoms. The monoisotopic (exact) mass is 371 g/mol. The summed E-state index contributed by atoms with van der Waals surface area (Å²) < 4.78 is 54.3. The Balaban J connectivity index is 2.07. The maximum Gasteiger partial charge on any atom is 0.416 e. The highest BCUT2D eigenvalue weighted by Gasteiger charge is 2.31. The molecule has 0 saturated heterocycles. The van der Waals surface area contributed by atoms with Crippen molar-refractivity contribution in [2.24, 2.45) is 0 Å². The van der Waals surface area contributed by atoms with E-state index < -0.39 is 29.1 Å². The van der Waals surface area contributed by atoms with Gasteiger partial charge < -0.3 is 9.67 Å². The van der Waals surface area contributed by atoms with Crippen LogP contribution in [-0.2, 0) is 12.7 Å². The van der Waals surface area contributed by atoms with Crippen molar-refractivity contribution in [3.05, 3.63) is 70.1 Å². The molecule has 0 fully saturated rings. The number of aromatic nitrogens is 1. The SMILES string of the molecule is O=C(O)c1cccc(Cn2ccc3cc(C(F)(F)F)cc(Cl)c32)c1F. The van der Waals surface area contributed by atoms with Gasteiger partial charge in [-0.15, -0.1) is 0 Å². The lowest BCUT2D eigenvalue weighted by Crippen LogP contribution is -2.07. The van der Waals surface area contributed by atoms with Gasteiger partial charge in [-0.2, -0.15) is 13.2 Å². The van der Waals surface area contributed by atoms with E-state index in [1.54, 1.807) is 0 Å².